The highest BCUT2D eigenvalue weighted by atomic mass is 32.2. The number of para-hydroxylation sites is 1. The molecular weight excluding hydrogens is 398 g/mol. The summed E-state index contributed by atoms with van der Waals surface area (Å²) in [5.74, 6) is 0.270. The van der Waals surface area contributed by atoms with Gasteiger partial charge in [-0.15, -0.1) is 4.40 Å². The number of sulfonamides is 1. The zero-order valence-electron chi connectivity index (χ0n) is 17.6. The van der Waals surface area contributed by atoms with Crippen LogP contribution >= 0.6 is 0 Å². The molecule has 0 radical (unpaired) electrons. The summed E-state index contributed by atoms with van der Waals surface area (Å²) >= 11 is 0. The van der Waals surface area contributed by atoms with Gasteiger partial charge in [0, 0.05) is 24.2 Å². The van der Waals surface area contributed by atoms with Gasteiger partial charge in [0.1, 0.15) is 10.7 Å². The van der Waals surface area contributed by atoms with Crippen molar-refractivity contribution in [2.24, 2.45) is 4.40 Å². The second-order valence-electron chi connectivity index (χ2n) is 8.88. The van der Waals surface area contributed by atoms with Crippen LogP contribution in [0, 0.1) is 0 Å². The minimum Gasteiger partial charge on any atom is -0.328 e. The maximum atomic E-state index is 13.0. The Labute approximate surface area is 178 Å². The van der Waals surface area contributed by atoms with Crippen molar-refractivity contribution in [1.82, 2.24) is 0 Å². The first kappa shape index (κ1) is 20.6. The Hall–Kier alpha value is -2.67. The molecule has 0 atom stereocenters. The molecule has 1 fully saturated rings. The normalized spacial score (nSPS) is 18.0. The van der Waals surface area contributed by atoms with E-state index in [0.29, 0.717) is 23.5 Å². The van der Waals surface area contributed by atoms with Crippen LogP contribution in [0.3, 0.4) is 0 Å². The highest BCUT2D eigenvalue weighted by Crippen LogP contribution is 2.35. The number of fused-ring (bicyclic) bond motifs is 3. The molecule has 1 amide bonds. The number of benzene rings is 2. The largest absolute Gasteiger partial charge is 0.328 e. The lowest BCUT2D eigenvalue weighted by atomic mass is 9.86. The van der Waals surface area contributed by atoms with Gasteiger partial charge in [-0.1, -0.05) is 45.4 Å². The molecule has 7 heteroatoms. The molecular formula is C23H27N3O3S. The topological polar surface area (TPSA) is 78.8 Å². The van der Waals surface area contributed by atoms with Gasteiger partial charge in [-0.3, -0.25) is 4.79 Å². The molecule has 0 spiro atoms. The van der Waals surface area contributed by atoms with Gasteiger partial charge in [0.2, 0.25) is 0 Å². The molecule has 0 aliphatic carbocycles. The van der Waals surface area contributed by atoms with Crippen LogP contribution in [0.1, 0.15) is 62.4 Å². The molecule has 2 aliphatic rings. The number of nitrogens with zero attached hydrogens (tertiary/aromatic N) is 2. The molecule has 0 saturated carbocycles. The number of hydrogen-bond acceptors (Lipinski definition) is 4. The standard InChI is InChI=1S/C23H27N3O3S/c1-23(2,3)17-9-6-7-10-18(17)24-22(27)16-12-13-19-20(15-16)30(28,29)25-21-11-5-4-8-14-26(19)21/h6-7,9-10,12-13,15H,4-5,8,11,14H2,1-3H3,(H,24,27). The summed E-state index contributed by atoms with van der Waals surface area (Å²) in [5, 5.41) is 2.95. The Bertz CT molecular complexity index is 1130. The minimum absolute atomic E-state index is 0.102. The molecule has 2 aliphatic heterocycles. The number of hydrogen-bond donors (Lipinski definition) is 1. The Kier molecular flexibility index (Phi) is 5.18. The van der Waals surface area contributed by atoms with E-state index >= 15 is 0 Å². The van der Waals surface area contributed by atoms with E-state index in [-0.39, 0.29) is 16.2 Å². The summed E-state index contributed by atoms with van der Waals surface area (Å²) in [7, 11) is -3.82. The van der Waals surface area contributed by atoms with E-state index in [9.17, 15) is 13.2 Å². The van der Waals surface area contributed by atoms with E-state index in [2.05, 4.69) is 30.5 Å². The Morgan fingerprint density at radius 2 is 1.83 bits per heavy atom. The monoisotopic (exact) mass is 425 g/mol. The van der Waals surface area contributed by atoms with Gasteiger partial charge in [0.15, 0.2) is 0 Å². The lowest BCUT2D eigenvalue weighted by Crippen LogP contribution is -2.35. The van der Waals surface area contributed by atoms with Crippen LogP contribution in [0.15, 0.2) is 51.8 Å². The van der Waals surface area contributed by atoms with Crippen LogP contribution in [0.5, 0.6) is 0 Å². The van der Waals surface area contributed by atoms with Crippen molar-refractivity contribution in [1.29, 1.82) is 0 Å². The van der Waals surface area contributed by atoms with Gasteiger partial charge >= 0.3 is 0 Å². The highest BCUT2D eigenvalue weighted by molar-refractivity contribution is 7.90. The molecule has 158 valence electrons. The molecule has 6 nitrogen and oxygen atoms in total. The van der Waals surface area contributed by atoms with Crippen LogP contribution in [0.2, 0.25) is 0 Å². The smallest absolute Gasteiger partial charge is 0.286 e. The third-order valence-corrected chi connectivity index (χ3v) is 6.93. The van der Waals surface area contributed by atoms with Crippen LogP contribution in [-0.4, -0.2) is 26.7 Å². The van der Waals surface area contributed by atoms with Gasteiger partial charge in [0.05, 0.1) is 5.69 Å². The summed E-state index contributed by atoms with van der Waals surface area (Å²) in [4.78, 5) is 15.1. The summed E-state index contributed by atoms with van der Waals surface area (Å²) in [6, 6.07) is 12.5. The van der Waals surface area contributed by atoms with Gasteiger partial charge in [0.25, 0.3) is 15.9 Å². The first-order valence-electron chi connectivity index (χ1n) is 10.3. The average molecular weight is 426 g/mol. The summed E-state index contributed by atoms with van der Waals surface area (Å²) in [6.45, 7) is 6.99. The second kappa shape index (κ2) is 7.54. The van der Waals surface area contributed by atoms with Crippen molar-refractivity contribution in [3.63, 3.8) is 0 Å². The van der Waals surface area contributed by atoms with Crippen molar-refractivity contribution in [3.05, 3.63) is 53.6 Å². The van der Waals surface area contributed by atoms with Crippen LogP contribution < -0.4 is 10.2 Å². The van der Waals surface area contributed by atoms with Crippen LogP contribution in [-0.2, 0) is 15.4 Å². The predicted octanol–water partition coefficient (Wildman–Crippen LogP) is 4.72. The highest BCUT2D eigenvalue weighted by Gasteiger charge is 2.32. The summed E-state index contributed by atoms with van der Waals surface area (Å²) in [5.41, 5.74) is 2.52. The number of rotatable bonds is 2. The van der Waals surface area contributed by atoms with Crippen molar-refractivity contribution in [2.75, 3.05) is 16.8 Å². The Morgan fingerprint density at radius 3 is 2.60 bits per heavy atom. The maximum absolute atomic E-state index is 13.0. The van der Waals surface area contributed by atoms with E-state index in [4.69, 9.17) is 0 Å². The van der Waals surface area contributed by atoms with Crippen LogP contribution in [0.25, 0.3) is 0 Å². The molecule has 1 N–H and O–H groups in total. The second-order valence-corrected chi connectivity index (χ2v) is 10.4. The number of amides is 1. The summed E-state index contributed by atoms with van der Waals surface area (Å²) in [6.07, 6.45) is 3.64. The van der Waals surface area contributed by atoms with Crippen molar-refractivity contribution < 1.29 is 13.2 Å². The lowest BCUT2D eigenvalue weighted by molar-refractivity contribution is 0.102. The SMILES string of the molecule is CC(C)(C)c1ccccc1NC(=O)c1ccc2c(c1)S(=O)(=O)N=C1CCCCCN12. The average Bonchev–Trinajstić information content (AvgIpc) is 2.92. The van der Waals surface area contributed by atoms with Gasteiger partial charge in [-0.25, -0.2) is 0 Å². The molecule has 30 heavy (non-hydrogen) atoms. The number of nitrogens with one attached hydrogen (secondary N) is 1. The molecule has 2 aromatic rings. The van der Waals surface area contributed by atoms with Crippen molar-refractivity contribution >= 4 is 33.1 Å². The van der Waals surface area contributed by atoms with E-state index in [0.717, 1.165) is 37.1 Å². The third kappa shape index (κ3) is 3.86. The van der Waals surface area contributed by atoms with Gasteiger partial charge in [-0.2, -0.15) is 8.42 Å². The first-order valence-corrected chi connectivity index (χ1v) is 11.8. The molecule has 0 bridgehead atoms. The Morgan fingerprint density at radius 1 is 1.07 bits per heavy atom. The zero-order valence-corrected chi connectivity index (χ0v) is 18.4. The summed E-state index contributed by atoms with van der Waals surface area (Å²) < 4.78 is 29.7. The van der Waals surface area contributed by atoms with E-state index < -0.39 is 10.0 Å². The third-order valence-electron chi connectivity index (χ3n) is 5.59. The van der Waals surface area contributed by atoms with Gasteiger partial charge in [-0.05, 0) is 48.1 Å². The number of amidine groups is 1. The molecule has 4 rings (SSSR count). The number of carbonyl (C=O) groups is 1. The van der Waals surface area contributed by atoms with E-state index in [1.165, 1.54) is 6.07 Å². The zero-order chi connectivity index (χ0) is 21.5. The fourth-order valence-electron chi connectivity index (χ4n) is 4.06. The number of anilines is 2. The number of carbonyl (C=O) groups excluding carboxylic acids is 1. The fourth-order valence-corrected chi connectivity index (χ4v) is 5.35. The molecule has 2 heterocycles. The van der Waals surface area contributed by atoms with Crippen molar-refractivity contribution in [3.8, 4) is 0 Å². The molecule has 2 aromatic carbocycles. The Balaban J connectivity index is 1.69. The van der Waals surface area contributed by atoms with E-state index in [1.807, 2.05) is 29.2 Å². The first-order chi connectivity index (χ1) is 14.2. The van der Waals surface area contributed by atoms with Gasteiger partial charge < -0.3 is 10.2 Å². The maximum Gasteiger partial charge on any atom is 0.286 e. The lowest BCUT2D eigenvalue weighted by Gasteiger charge is -2.29. The van der Waals surface area contributed by atoms with Crippen LogP contribution in [0.4, 0.5) is 11.4 Å². The quantitative estimate of drug-likeness (QED) is 0.755. The molecule has 1 saturated heterocycles. The van der Waals surface area contributed by atoms with E-state index in [1.54, 1.807) is 12.1 Å². The molecule has 0 aromatic heterocycles. The minimum atomic E-state index is -3.82. The molecule has 0 unspecified atom stereocenters. The predicted molar refractivity (Wildman–Crippen MR) is 120 cm³/mol. The fraction of sp³-hybridized carbons (Fsp3) is 0.391. The van der Waals surface area contributed by atoms with Crippen molar-refractivity contribution in [2.45, 2.75) is 56.8 Å².